The summed E-state index contributed by atoms with van der Waals surface area (Å²) in [6.45, 7) is 0.976. The second-order valence-electron chi connectivity index (χ2n) is 2.84. The van der Waals surface area contributed by atoms with Gasteiger partial charge in [0.2, 0.25) is 0 Å². The first-order valence-electron chi connectivity index (χ1n) is 3.68. The van der Waals surface area contributed by atoms with Crippen LogP contribution in [0.3, 0.4) is 0 Å². The van der Waals surface area contributed by atoms with Gasteiger partial charge in [0, 0.05) is 24.9 Å². The highest BCUT2D eigenvalue weighted by Gasteiger charge is 2.14. The van der Waals surface area contributed by atoms with E-state index in [0.717, 1.165) is 19.4 Å². The second-order valence-corrected chi connectivity index (χ2v) is 2.84. The minimum absolute atomic E-state index is 0.109. The van der Waals surface area contributed by atoms with E-state index in [4.69, 9.17) is 0 Å². The van der Waals surface area contributed by atoms with E-state index < -0.39 is 0 Å². The summed E-state index contributed by atoms with van der Waals surface area (Å²) in [7, 11) is 0. The fourth-order valence-corrected chi connectivity index (χ4v) is 1.48. The predicted molar refractivity (Wildman–Crippen MR) is 38.8 cm³/mol. The van der Waals surface area contributed by atoms with E-state index >= 15 is 0 Å². The summed E-state index contributed by atoms with van der Waals surface area (Å²) < 4.78 is 2.20. The van der Waals surface area contributed by atoms with Crippen LogP contribution >= 0.6 is 0 Å². The number of aliphatic hydroxyl groups excluding tert-OH is 1. The van der Waals surface area contributed by atoms with Gasteiger partial charge in [0.1, 0.15) is 0 Å². The molecule has 1 aromatic rings. The summed E-state index contributed by atoms with van der Waals surface area (Å²) in [5, 5.41) is 9.26. The molecule has 1 aromatic heterocycles. The Kier molecular flexibility index (Phi) is 1.27. The Balaban J connectivity index is 2.30. The van der Waals surface area contributed by atoms with Crippen LogP contribution in [0.5, 0.6) is 0 Å². The molecule has 10 heavy (non-hydrogen) atoms. The van der Waals surface area contributed by atoms with E-state index in [2.05, 4.69) is 16.8 Å². The van der Waals surface area contributed by atoms with Crippen molar-refractivity contribution in [3.05, 3.63) is 24.0 Å². The van der Waals surface area contributed by atoms with Crippen LogP contribution in [0, 0.1) is 0 Å². The molecule has 0 saturated heterocycles. The Hall–Kier alpha value is -0.760. The monoisotopic (exact) mass is 137 g/mol. The van der Waals surface area contributed by atoms with Crippen molar-refractivity contribution in [2.24, 2.45) is 0 Å². The van der Waals surface area contributed by atoms with E-state index in [9.17, 15) is 5.11 Å². The summed E-state index contributed by atoms with van der Waals surface area (Å²) in [5.41, 5.74) is 1.26. The molecular weight excluding hydrogens is 126 g/mol. The molecule has 0 bridgehead atoms. The van der Waals surface area contributed by atoms with Crippen LogP contribution < -0.4 is 0 Å². The van der Waals surface area contributed by atoms with E-state index in [1.54, 1.807) is 0 Å². The van der Waals surface area contributed by atoms with Crippen molar-refractivity contribution in [3.8, 4) is 0 Å². The largest absolute Gasteiger partial charge is 0.393 e. The molecule has 2 rings (SSSR count). The Morgan fingerprint density at radius 1 is 1.60 bits per heavy atom. The quantitative estimate of drug-likeness (QED) is 0.562. The Morgan fingerprint density at radius 2 is 2.50 bits per heavy atom. The Morgan fingerprint density at radius 3 is 3.40 bits per heavy atom. The molecule has 54 valence electrons. The summed E-state index contributed by atoms with van der Waals surface area (Å²) in [4.78, 5) is 0. The smallest absolute Gasteiger partial charge is 0.0611 e. The second kappa shape index (κ2) is 2.13. The number of rotatable bonds is 0. The first-order chi connectivity index (χ1) is 4.86. The van der Waals surface area contributed by atoms with Gasteiger partial charge in [0.25, 0.3) is 0 Å². The number of fused-ring (bicyclic) bond motifs is 1. The van der Waals surface area contributed by atoms with Crippen LogP contribution in [0.2, 0.25) is 0 Å². The van der Waals surface area contributed by atoms with Crippen LogP contribution in [0.25, 0.3) is 0 Å². The minimum Gasteiger partial charge on any atom is -0.393 e. The average molecular weight is 137 g/mol. The Bertz CT molecular complexity index is 229. The number of hydrogen-bond acceptors (Lipinski definition) is 1. The van der Waals surface area contributed by atoms with Gasteiger partial charge in [-0.05, 0) is 18.6 Å². The third-order valence-corrected chi connectivity index (χ3v) is 2.07. The molecular formula is C8H11NO. The molecule has 2 heteroatoms. The highest BCUT2D eigenvalue weighted by molar-refractivity contribution is 5.10. The molecule has 2 nitrogen and oxygen atoms in total. The van der Waals surface area contributed by atoms with Gasteiger partial charge in [-0.2, -0.15) is 0 Å². The third kappa shape index (κ3) is 0.847. The van der Waals surface area contributed by atoms with Crippen molar-refractivity contribution >= 4 is 0 Å². The van der Waals surface area contributed by atoms with Crippen LogP contribution in [-0.2, 0) is 13.0 Å². The molecule has 1 N–H and O–H groups in total. The number of aromatic nitrogens is 1. The lowest BCUT2D eigenvalue weighted by atomic mass is 10.1. The van der Waals surface area contributed by atoms with Crippen LogP contribution in [-0.4, -0.2) is 15.8 Å². The molecule has 0 saturated carbocycles. The van der Waals surface area contributed by atoms with Crippen molar-refractivity contribution < 1.29 is 5.11 Å². The maximum Gasteiger partial charge on any atom is 0.0611 e. The highest BCUT2D eigenvalue weighted by Crippen LogP contribution is 2.14. The summed E-state index contributed by atoms with van der Waals surface area (Å²) in [6, 6.07) is 4.11. The van der Waals surface area contributed by atoms with Gasteiger partial charge in [0.15, 0.2) is 0 Å². The van der Waals surface area contributed by atoms with Crippen molar-refractivity contribution in [1.29, 1.82) is 0 Å². The van der Waals surface area contributed by atoms with E-state index in [0.29, 0.717) is 0 Å². The van der Waals surface area contributed by atoms with Gasteiger partial charge < -0.3 is 9.67 Å². The number of nitrogens with zero attached hydrogens (tertiary/aromatic N) is 1. The van der Waals surface area contributed by atoms with Gasteiger partial charge in [-0.3, -0.25) is 0 Å². The molecule has 0 radical (unpaired) electrons. The third-order valence-electron chi connectivity index (χ3n) is 2.07. The molecule has 0 aliphatic carbocycles. The van der Waals surface area contributed by atoms with Gasteiger partial charge in [0.05, 0.1) is 6.10 Å². The predicted octanol–water partition coefficient (Wildman–Crippen LogP) is 0.795. The fraction of sp³-hybridized carbons (Fsp3) is 0.500. The lowest BCUT2D eigenvalue weighted by molar-refractivity contribution is 0.143. The van der Waals surface area contributed by atoms with Crippen molar-refractivity contribution in [1.82, 2.24) is 4.57 Å². The summed E-state index contributed by atoms with van der Waals surface area (Å²) in [6.07, 6.45) is 3.69. The first kappa shape index (κ1) is 5.98. The highest BCUT2D eigenvalue weighted by atomic mass is 16.3. The van der Waals surface area contributed by atoms with E-state index in [1.165, 1.54) is 5.69 Å². The van der Waals surface area contributed by atoms with Crippen molar-refractivity contribution in [3.63, 3.8) is 0 Å². The molecule has 0 amide bonds. The molecule has 0 spiro atoms. The topological polar surface area (TPSA) is 25.2 Å². The molecule has 1 unspecified atom stereocenters. The minimum atomic E-state index is -0.109. The fourth-order valence-electron chi connectivity index (χ4n) is 1.48. The van der Waals surface area contributed by atoms with Gasteiger partial charge in [-0.1, -0.05) is 0 Å². The molecule has 0 aromatic carbocycles. The standard InChI is InChI=1S/C8H11NO/c10-8-3-5-9-4-1-2-7(9)6-8/h1-2,4,8,10H,3,5-6H2. The average Bonchev–Trinajstić information content (AvgIpc) is 2.33. The van der Waals surface area contributed by atoms with Crippen molar-refractivity contribution in [2.75, 3.05) is 0 Å². The zero-order valence-electron chi connectivity index (χ0n) is 5.83. The molecule has 2 heterocycles. The van der Waals surface area contributed by atoms with Gasteiger partial charge in [-0.25, -0.2) is 0 Å². The Labute approximate surface area is 60.1 Å². The zero-order chi connectivity index (χ0) is 6.97. The van der Waals surface area contributed by atoms with Crippen LogP contribution in [0.1, 0.15) is 12.1 Å². The van der Waals surface area contributed by atoms with Crippen molar-refractivity contribution in [2.45, 2.75) is 25.5 Å². The van der Waals surface area contributed by atoms with Crippen LogP contribution in [0.4, 0.5) is 0 Å². The molecule has 1 aliphatic heterocycles. The van der Waals surface area contributed by atoms with Crippen LogP contribution in [0.15, 0.2) is 18.3 Å². The lowest BCUT2D eigenvalue weighted by Gasteiger charge is -2.19. The van der Waals surface area contributed by atoms with Gasteiger partial charge in [-0.15, -0.1) is 0 Å². The van der Waals surface area contributed by atoms with E-state index in [1.807, 2.05) is 6.07 Å². The maximum absolute atomic E-state index is 9.26. The normalized spacial score (nSPS) is 24.3. The SMILES string of the molecule is OC1CCn2cccc2C1. The van der Waals surface area contributed by atoms with E-state index in [-0.39, 0.29) is 6.10 Å². The molecule has 1 atom stereocenters. The number of aryl methyl sites for hydroxylation is 1. The molecule has 1 aliphatic rings. The van der Waals surface area contributed by atoms with Gasteiger partial charge >= 0.3 is 0 Å². The summed E-state index contributed by atoms with van der Waals surface area (Å²) >= 11 is 0. The molecule has 0 fully saturated rings. The summed E-state index contributed by atoms with van der Waals surface area (Å²) in [5.74, 6) is 0. The first-order valence-corrected chi connectivity index (χ1v) is 3.68. The maximum atomic E-state index is 9.26. The lowest BCUT2D eigenvalue weighted by Crippen LogP contribution is -2.21. The number of hydrogen-bond donors (Lipinski definition) is 1. The number of aliphatic hydroxyl groups is 1. The zero-order valence-corrected chi connectivity index (χ0v) is 5.83.